The van der Waals surface area contributed by atoms with E-state index in [1.54, 1.807) is 11.0 Å². The maximum atomic E-state index is 11.7. The normalized spacial score (nSPS) is 30.6. The Bertz CT molecular complexity index is 333. The van der Waals surface area contributed by atoms with Crippen LogP contribution < -0.4 is 5.73 Å². The maximum Gasteiger partial charge on any atom is 0.346 e. The van der Waals surface area contributed by atoms with Gasteiger partial charge in [-0.2, -0.15) is 4.99 Å². The predicted molar refractivity (Wildman–Crippen MR) is 59.7 cm³/mol. The second kappa shape index (κ2) is 3.36. The van der Waals surface area contributed by atoms with Crippen LogP contribution in [-0.2, 0) is 0 Å². The van der Waals surface area contributed by atoms with Crippen LogP contribution in [0.1, 0.15) is 26.2 Å². The summed E-state index contributed by atoms with van der Waals surface area (Å²) < 4.78 is 0. The van der Waals surface area contributed by atoms with E-state index in [-0.39, 0.29) is 11.6 Å². The number of carbonyl (C=O) groups excluding carboxylic acids is 1. The minimum absolute atomic E-state index is 0.207. The van der Waals surface area contributed by atoms with Crippen molar-refractivity contribution in [3.05, 3.63) is 12.7 Å². The van der Waals surface area contributed by atoms with Crippen LogP contribution in [0, 0.1) is 5.92 Å². The number of aliphatic imine (C=N–C) groups is 1. The van der Waals surface area contributed by atoms with Crippen LogP contribution in [0.25, 0.3) is 0 Å². The fraction of sp³-hybridized carbons (Fsp3) is 0.636. The Morgan fingerprint density at radius 1 is 1.73 bits per heavy atom. The van der Waals surface area contributed by atoms with Gasteiger partial charge in [-0.05, 0) is 25.2 Å². The largest absolute Gasteiger partial charge is 0.385 e. The van der Waals surface area contributed by atoms with E-state index < -0.39 is 0 Å². The first-order chi connectivity index (χ1) is 7.16. The van der Waals surface area contributed by atoms with Gasteiger partial charge in [-0.25, -0.2) is 4.79 Å². The number of hydrogen-bond acceptors (Lipinski definition) is 2. The molecule has 1 unspecified atom stereocenters. The molecule has 1 saturated carbocycles. The molecule has 1 aliphatic carbocycles. The first-order valence-corrected chi connectivity index (χ1v) is 5.44. The zero-order chi connectivity index (χ0) is 11.1. The Labute approximate surface area is 89.8 Å². The first-order valence-electron chi connectivity index (χ1n) is 5.44. The Kier molecular flexibility index (Phi) is 2.29. The highest BCUT2D eigenvalue weighted by Gasteiger charge is 2.55. The minimum atomic E-state index is -0.314. The van der Waals surface area contributed by atoms with Crippen LogP contribution in [0.3, 0.4) is 0 Å². The topological polar surface area (TPSA) is 58.7 Å². The van der Waals surface area contributed by atoms with E-state index in [0.717, 1.165) is 19.3 Å². The van der Waals surface area contributed by atoms with Gasteiger partial charge in [-0.3, -0.25) is 0 Å². The molecule has 15 heavy (non-hydrogen) atoms. The van der Waals surface area contributed by atoms with Crippen molar-refractivity contribution in [2.24, 2.45) is 16.6 Å². The molecule has 0 bridgehead atoms. The summed E-state index contributed by atoms with van der Waals surface area (Å²) in [6.45, 7) is 6.28. The highest BCUT2D eigenvalue weighted by atomic mass is 16.2. The van der Waals surface area contributed by atoms with Crippen LogP contribution in [0.5, 0.6) is 0 Å². The molecule has 4 nitrogen and oxygen atoms in total. The van der Waals surface area contributed by atoms with Crippen molar-refractivity contribution in [2.45, 2.75) is 31.7 Å². The molecule has 2 amide bonds. The molecule has 1 atom stereocenters. The summed E-state index contributed by atoms with van der Waals surface area (Å²) in [5, 5.41) is 0. The van der Waals surface area contributed by atoms with Crippen LogP contribution in [-0.4, -0.2) is 28.9 Å². The highest BCUT2D eigenvalue weighted by Crippen LogP contribution is 2.47. The Hall–Kier alpha value is -1.32. The first kappa shape index (κ1) is 10.2. The van der Waals surface area contributed by atoms with Gasteiger partial charge in [0.05, 0.1) is 0 Å². The zero-order valence-electron chi connectivity index (χ0n) is 9.07. The summed E-state index contributed by atoms with van der Waals surface area (Å²) in [7, 11) is 0. The van der Waals surface area contributed by atoms with Gasteiger partial charge in [0.25, 0.3) is 0 Å². The number of amides is 2. The van der Waals surface area contributed by atoms with Gasteiger partial charge in [0.15, 0.2) is 0 Å². The molecule has 82 valence electrons. The summed E-state index contributed by atoms with van der Waals surface area (Å²) in [6.07, 6.45) is 4.86. The molecule has 2 aliphatic rings. The van der Waals surface area contributed by atoms with E-state index in [1.165, 1.54) is 0 Å². The third-order valence-corrected chi connectivity index (χ3v) is 3.48. The molecular formula is C11H17N3O. The maximum absolute atomic E-state index is 11.7. The van der Waals surface area contributed by atoms with Crippen molar-refractivity contribution in [1.29, 1.82) is 0 Å². The van der Waals surface area contributed by atoms with Gasteiger partial charge in [0.2, 0.25) is 0 Å². The number of amidine groups is 1. The highest BCUT2D eigenvalue weighted by molar-refractivity contribution is 6.06. The number of nitrogens with zero attached hydrogens (tertiary/aromatic N) is 2. The predicted octanol–water partition coefficient (Wildman–Crippen LogP) is 1.52. The van der Waals surface area contributed by atoms with Crippen LogP contribution in [0.15, 0.2) is 17.6 Å². The SMILES string of the molecule is C=CCN1C(=O)N=C(N)C1(CC)C1CC1. The van der Waals surface area contributed by atoms with E-state index >= 15 is 0 Å². The summed E-state index contributed by atoms with van der Waals surface area (Å²) in [6, 6.07) is -0.207. The number of rotatable bonds is 4. The van der Waals surface area contributed by atoms with Crippen molar-refractivity contribution >= 4 is 11.9 Å². The van der Waals surface area contributed by atoms with Gasteiger partial charge in [0.1, 0.15) is 11.4 Å². The van der Waals surface area contributed by atoms with Crippen molar-refractivity contribution < 1.29 is 4.79 Å². The lowest BCUT2D eigenvalue weighted by atomic mass is 9.87. The van der Waals surface area contributed by atoms with Crippen molar-refractivity contribution in [2.75, 3.05) is 6.54 Å². The molecule has 0 radical (unpaired) electrons. The lowest BCUT2D eigenvalue weighted by Crippen LogP contribution is -2.55. The van der Waals surface area contributed by atoms with E-state index in [4.69, 9.17) is 5.73 Å². The standard InChI is InChI=1S/C11H17N3O/c1-3-7-14-10(15)13-9(12)11(14,4-2)8-5-6-8/h3,8H,1,4-7H2,2H3,(H2,12,13,15). The van der Waals surface area contributed by atoms with Gasteiger partial charge >= 0.3 is 6.03 Å². The average molecular weight is 207 g/mol. The van der Waals surface area contributed by atoms with Crippen molar-refractivity contribution in [3.63, 3.8) is 0 Å². The molecule has 1 heterocycles. The number of hydrogen-bond donors (Lipinski definition) is 1. The Morgan fingerprint density at radius 3 is 2.87 bits per heavy atom. The van der Waals surface area contributed by atoms with Crippen LogP contribution in [0.4, 0.5) is 4.79 Å². The van der Waals surface area contributed by atoms with E-state index in [1.807, 2.05) is 0 Å². The average Bonchev–Trinajstić information content (AvgIpc) is 2.99. The molecule has 0 aromatic rings. The van der Waals surface area contributed by atoms with E-state index in [0.29, 0.717) is 18.3 Å². The quantitative estimate of drug-likeness (QED) is 0.710. The van der Waals surface area contributed by atoms with Crippen molar-refractivity contribution in [3.8, 4) is 0 Å². The fourth-order valence-corrected chi connectivity index (χ4v) is 2.59. The smallest absolute Gasteiger partial charge is 0.346 e. The number of nitrogens with two attached hydrogens (primary N) is 1. The lowest BCUT2D eigenvalue weighted by molar-refractivity contribution is 0.164. The Morgan fingerprint density at radius 2 is 2.40 bits per heavy atom. The minimum Gasteiger partial charge on any atom is -0.385 e. The second-order valence-corrected chi connectivity index (χ2v) is 4.23. The second-order valence-electron chi connectivity index (χ2n) is 4.23. The van der Waals surface area contributed by atoms with E-state index in [9.17, 15) is 4.79 Å². The molecule has 0 aromatic heterocycles. The van der Waals surface area contributed by atoms with Gasteiger partial charge in [-0.1, -0.05) is 13.0 Å². The molecular weight excluding hydrogens is 190 g/mol. The van der Waals surface area contributed by atoms with Crippen LogP contribution >= 0.6 is 0 Å². The monoisotopic (exact) mass is 207 g/mol. The summed E-state index contributed by atoms with van der Waals surface area (Å²) in [4.78, 5) is 17.4. The third kappa shape index (κ3) is 1.28. The third-order valence-electron chi connectivity index (χ3n) is 3.48. The van der Waals surface area contributed by atoms with E-state index in [2.05, 4.69) is 18.5 Å². The zero-order valence-corrected chi connectivity index (χ0v) is 9.07. The molecule has 2 N–H and O–H groups in total. The summed E-state index contributed by atoms with van der Waals surface area (Å²) >= 11 is 0. The molecule has 1 fully saturated rings. The summed E-state index contributed by atoms with van der Waals surface area (Å²) in [5.74, 6) is 0.997. The Balaban J connectivity index is 2.35. The molecule has 1 aliphatic heterocycles. The number of urea groups is 1. The molecule has 0 saturated heterocycles. The lowest BCUT2D eigenvalue weighted by Gasteiger charge is -2.37. The van der Waals surface area contributed by atoms with Crippen LogP contribution in [0.2, 0.25) is 0 Å². The molecule has 0 spiro atoms. The summed E-state index contributed by atoms with van der Waals surface area (Å²) in [5.41, 5.74) is 5.62. The van der Waals surface area contributed by atoms with Crippen molar-refractivity contribution in [1.82, 2.24) is 4.90 Å². The molecule has 2 rings (SSSR count). The fourth-order valence-electron chi connectivity index (χ4n) is 2.59. The molecule has 4 heteroatoms. The number of carbonyl (C=O) groups is 1. The van der Waals surface area contributed by atoms with Gasteiger partial charge < -0.3 is 10.6 Å². The van der Waals surface area contributed by atoms with Gasteiger partial charge in [-0.15, -0.1) is 6.58 Å². The van der Waals surface area contributed by atoms with Gasteiger partial charge in [0, 0.05) is 6.54 Å². The molecule has 0 aromatic carbocycles.